The molecule has 0 aromatic heterocycles. The number of carbonyl (C=O) groups is 3. The third kappa shape index (κ3) is 5.72. The molecule has 2 aromatic rings. The van der Waals surface area contributed by atoms with Crippen LogP contribution in [0.3, 0.4) is 0 Å². The minimum Gasteiger partial charge on any atom is -0.481 e. The van der Waals surface area contributed by atoms with Crippen molar-refractivity contribution in [3.63, 3.8) is 0 Å². The predicted molar refractivity (Wildman–Crippen MR) is 124 cm³/mol. The highest BCUT2D eigenvalue weighted by Crippen LogP contribution is 2.44. The van der Waals surface area contributed by atoms with Crippen LogP contribution in [-0.2, 0) is 14.3 Å². The Labute approximate surface area is 193 Å². The quantitative estimate of drug-likeness (QED) is 0.509. The standard InChI is InChI=1S/C26H30N2O5/c1-16(12-24(29)30)28-25(31)18(13-17-10-11-17)14-27-26(32)33-15-23-21-8-4-2-6-19(21)20-7-3-5-9-22(20)23/h2-9,16-18,23H,10-15H2,1H3,(H,27,32)(H,28,31)(H,29,30). The summed E-state index contributed by atoms with van der Waals surface area (Å²) >= 11 is 0. The first kappa shape index (κ1) is 22.8. The second-order valence-electron chi connectivity index (χ2n) is 9.09. The van der Waals surface area contributed by atoms with Crippen LogP contribution in [0.5, 0.6) is 0 Å². The first-order valence-corrected chi connectivity index (χ1v) is 11.5. The summed E-state index contributed by atoms with van der Waals surface area (Å²) in [6.07, 6.45) is 2.15. The average Bonchev–Trinajstić information content (AvgIpc) is 3.55. The van der Waals surface area contributed by atoms with Gasteiger partial charge < -0.3 is 20.5 Å². The fourth-order valence-corrected chi connectivity index (χ4v) is 4.57. The minimum absolute atomic E-state index is 0.0226. The molecule has 0 aliphatic heterocycles. The summed E-state index contributed by atoms with van der Waals surface area (Å²) in [5.41, 5.74) is 4.62. The van der Waals surface area contributed by atoms with Crippen molar-refractivity contribution >= 4 is 18.0 Å². The van der Waals surface area contributed by atoms with Gasteiger partial charge in [-0.05, 0) is 41.5 Å². The zero-order valence-corrected chi connectivity index (χ0v) is 18.8. The van der Waals surface area contributed by atoms with Gasteiger partial charge in [-0.25, -0.2) is 4.79 Å². The molecule has 2 atom stereocenters. The Balaban J connectivity index is 1.32. The molecule has 7 heteroatoms. The zero-order chi connectivity index (χ0) is 23.4. The Hall–Kier alpha value is -3.35. The van der Waals surface area contributed by atoms with Gasteiger partial charge in [0.05, 0.1) is 12.3 Å². The largest absolute Gasteiger partial charge is 0.481 e. The van der Waals surface area contributed by atoms with Gasteiger partial charge in [-0.2, -0.15) is 0 Å². The molecule has 2 amide bonds. The van der Waals surface area contributed by atoms with Crippen molar-refractivity contribution in [3.8, 4) is 11.1 Å². The van der Waals surface area contributed by atoms with Crippen molar-refractivity contribution in [2.75, 3.05) is 13.2 Å². The molecule has 3 N–H and O–H groups in total. The number of nitrogens with one attached hydrogen (secondary N) is 2. The summed E-state index contributed by atoms with van der Waals surface area (Å²) < 4.78 is 5.56. The molecule has 0 spiro atoms. The minimum atomic E-state index is -0.960. The Morgan fingerprint density at radius 1 is 1.03 bits per heavy atom. The van der Waals surface area contributed by atoms with Crippen LogP contribution in [-0.4, -0.2) is 42.3 Å². The molecule has 2 aromatic carbocycles. The Kier molecular flexibility index (Phi) is 6.96. The summed E-state index contributed by atoms with van der Waals surface area (Å²) in [6, 6.07) is 15.8. The molecule has 1 saturated carbocycles. The number of aliphatic carboxylic acids is 1. The molecule has 2 aliphatic rings. The molecule has 2 aliphatic carbocycles. The molecule has 33 heavy (non-hydrogen) atoms. The number of ether oxygens (including phenoxy) is 1. The van der Waals surface area contributed by atoms with Crippen LogP contribution in [0.4, 0.5) is 4.79 Å². The summed E-state index contributed by atoms with van der Waals surface area (Å²) in [7, 11) is 0. The van der Waals surface area contributed by atoms with E-state index in [0.29, 0.717) is 12.3 Å². The molecule has 1 fully saturated rings. The van der Waals surface area contributed by atoms with Gasteiger partial charge in [-0.1, -0.05) is 61.4 Å². The van der Waals surface area contributed by atoms with E-state index < -0.39 is 24.0 Å². The average molecular weight is 451 g/mol. The zero-order valence-electron chi connectivity index (χ0n) is 18.8. The van der Waals surface area contributed by atoms with Crippen molar-refractivity contribution in [1.82, 2.24) is 10.6 Å². The number of carboxylic acids is 1. The van der Waals surface area contributed by atoms with Gasteiger partial charge >= 0.3 is 12.1 Å². The van der Waals surface area contributed by atoms with Crippen molar-refractivity contribution in [3.05, 3.63) is 59.7 Å². The normalized spacial score (nSPS) is 16.3. The second-order valence-corrected chi connectivity index (χ2v) is 9.09. The van der Waals surface area contributed by atoms with E-state index >= 15 is 0 Å². The van der Waals surface area contributed by atoms with Gasteiger partial charge in [0.2, 0.25) is 5.91 Å². The lowest BCUT2D eigenvalue weighted by Gasteiger charge is -2.20. The number of benzene rings is 2. The van der Waals surface area contributed by atoms with E-state index in [1.807, 2.05) is 24.3 Å². The van der Waals surface area contributed by atoms with Gasteiger partial charge in [0.15, 0.2) is 0 Å². The monoisotopic (exact) mass is 450 g/mol. The van der Waals surface area contributed by atoms with E-state index in [2.05, 4.69) is 34.9 Å². The van der Waals surface area contributed by atoms with Crippen LogP contribution in [0.1, 0.15) is 49.7 Å². The van der Waals surface area contributed by atoms with E-state index in [1.54, 1.807) is 6.92 Å². The summed E-state index contributed by atoms with van der Waals surface area (Å²) in [6.45, 7) is 2.05. The first-order chi connectivity index (χ1) is 15.9. The van der Waals surface area contributed by atoms with Crippen LogP contribution >= 0.6 is 0 Å². The number of amides is 2. The van der Waals surface area contributed by atoms with Gasteiger partial charge in [0.1, 0.15) is 6.61 Å². The molecule has 0 heterocycles. The fraction of sp³-hybridized carbons (Fsp3) is 0.423. The number of hydrogen-bond acceptors (Lipinski definition) is 4. The SMILES string of the molecule is CC(CC(=O)O)NC(=O)C(CNC(=O)OCC1c2ccccc2-c2ccccc21)CC1CC1. The number of rotatable bonds is 10. The molecule has 0 saturated heterocycles. The van der Waals surface area contributed by atoms with Gasteiger partial charge in [0, 0.05) is 18.5 Å². The molecule has 0 radical (unpaired) electrons. The Bertz CT molecular complexity index is 987. The van der Waals surface area contributed by atoms with Crippen molar-refractivity contribution < 1.29 is 24.2 Å². The van der Waals surface area contributed by atoms with Gasteiger partial charge in [0.25, 0.3) is 0 Å². The maximum absolute atomic E-state index is 12.7. The van der Waals surface area contributed by atoms with Crippen LogP contribution < -0.4 is 10.6 Å². The Morgan fingerprint density at radius 3 is 2.21 bits per heavy atom. The van der Waals surface area contributed by atoms with Gasteiger partial charge in [-0.3, -0.25) is 9.59 Å². The van der Waals surface area contributed by atoms with E-state index in [9.17, 15) is 14.4 Å². The summed E-state index contributed by atoms with van der Waals surface area (Å²) in [4.78, 5) is 36.0. The lowest BCUT2D eigenvalue weighted by atomic mass is 9.98. The van der Waals surface area contributed by atoms with Crippen LogP contribution in [0.15, 0.2) is 48.5 Å². The van der Waals surface area contributed by atoms with Crippen molar-refractivity contribution in [1.29, 1.82) is 0 Å². The van der Waals surface area contributed by atoms with Crippen LogP contribution in [0.25, 0.3) is 11.1 Å². The van der Waals surface area contributed by atoms with E-state index in [4.69, 9.17) is 9.84 Å². The predicted octanol–water partition coefficient (Wildman–Crippen LogP) is 3.92. The smallest absolute Gasteiger partial charge is 0.407 e. The maximum Gasteiger partial charge on any atom is 0.407 e. The number of alkyl carbamates (subject to hydrolysis) is 1. The topological polar surface area (TPSA) is 105 Å². The highest BCUT2D eigenvalue weighted by atomic mass is 16.5. The molecular weight excluding hydrogens is 420 g/mol. The molecule has 7 nitrogen and oxygen atoms in total. The number of carboxylic acid groups (broad SMARTS) is 1. The van der Waals surface area contributed by atoms with E-state index in [0.717, 1.165) is 24.0 Å². The molecular formula is C26H30N2O5. The lowest BCUT2D eigenvalue weighted by molar-refractivity contribution is -0.137. The number of fused-ring (bicyclic) bond motifs is 3. The highest BCUT2D eigenvalue weighted by Gasteiger charge is 2.31. The number of carbonyl (C=O) groups excluding carboxylic acids is 2. The second kappa shape index (κ2) is 10.1. The van der Waals surface area contributed by atoms with E-state index in [1.165, 1.54) is 11.1 Å². The maximum atomic E-state index is 12.7. The Morgan fingerprint density at radius 2 is 1.64 bits per heavy atom. The molecule has 2 unspecified atom stereocenters. The third-order valence-electron chi connectivity index (χ3n) is 6.39. The van der Waals surface area contributed by atoms with Gasteiger partial charge in [-0.15, -0.1) is 0 Å². The lowest BCUT2D eigenvalue weighted by Crippen LogP contribution is -2.43. The molecule has 174 valence electrons. The molecule has 0 bridgehead atoms. The molecule has 4 rings (SSSR count). The first-order valence-electron chi connectivity index (χ1n) is 11.5. The third-order valence-corrected chi connectivity index (χ3v) is 6.39. The highest BCUT2D eigenvalue weighted by molar-refractivity contribution is 5.81. The summed E-state index contributed by atoms with van der Waals surface area (Å²) in [5, 5.41) is 14.4. The van der Waals surface area contributed by atoms with Crippen molar-refractivity contribution in [2.45, 2.75) is 44.6 Å². The summed E-state index contributed by atoms with van der Waals surface area (Å²) in [5.74, 6) is -1.13. The van der Waals surface area contributed by atoms with Crippen LogP contribution in [0.2, 0.25) is 0 Å². The fourth-order valence-electron chi connectivity index (χ4n) is 4.57. The van der Waals surface area contributed by atoms with Crippen molar-refractivity contribution in [2.24, 2.45) is 11.8 Å². The van der Waals surface area contributed by atoms with E-state index in [-0.39, 0.29) is 31.4 Å². The number of hydrogen-bond donors (Lipinski definition) is 3. The van der Waals surface area contributed by atoms with Crippen LogP contribution in [0, 0.1) is 11.8 Å².